The van der Waals surface area contributed by atoms with Crippen molar-refractivity contribution >= 4 is 37.4 Å². The van der Waals surface area contributed by atoms with E-state index in [2.05, 4.69) is 21.2 Å². The molecule has 1 saturated carbocycles. The van der Waals surface area contributed by atoms with Crippen LogP contribution in [0.5, 0.6) is 0 Å². The van der Waals surface area contributed by atoms with Gasteiger partial charge < -0.3 is 11.1 Å². The van der Waals surface area contributed by atoms with Crippen LogP contribution in [0.3, 0.4) is 0 Å². The molecule has 0 saturated heterocycles. The molecule has 1 aromatic rings. The molecule has 3 N–H and O–H groups in total. The second-order valence-electron chi connectivity index (χ2n) is 5.36. The summed E-state index contributed by atoms with van der Waals surface area (Å²) in [7, 11) is -3.80. The average Bonchev–Trinajstić information content (AvgIpc) is 2.93. The van der Waals surface area contributed by atoms with E-state index in [1.54, 1.807) is 6.07 Å². The number of nitrogens with one attached hydrogen (secondary N) is 1. The Morgan fingerprint density at radius 3 is 2.62 bits per heavy atom. The van der Waals surface area contributed by atoms with E-state index in [1.165, 1.54) is 19.1 Å². The van der Waals surface area contributed by atoms with E-state index >= 15 is 0 Å². The third-order valence-electron chi connectivity index (χ3n) is 3.82. The number of hydrogen-bond acceptors (Lipinski definition) is 4. The molecule has 7 heteroatoms. The van der Waals surface area contributed by atoms with Crippen molar-refractivity contribution < 1.29 is 13.2 Å². The topological polar surface area (TPSA) is 89.3 Å². The number of carbonyl (C=O) groups is 1. The third-order valence-corrected chi connectivity index (χ3v) is 6.42. The van der Waals surface area contributed by atoms with Crippen molar-refractivity contribution in [1.82, 2.24) is 5.32 Å². The molecular weight excluding hydrogens is 356 g/mol. The number of nitrogen functional groups attached to an aromatic ring is 1. The largest absolute Gasteiger partial charge is 0.398 e. The smallest absolute Gasteiger partial charge is 0.238 e. The molecule has 21 heavy (non-hydrogen) atoms. The highest BCUT2D eigenvalue weighted by molar-refractivity contribution is 9.10. The maximum Gasteiger partial charge on any atom is 0.238 e. The van der Waals surface area contributed by atoms with Gasteiger partial charge in [0, 0.05) is 10.5 Å². The van der Waals surface area contributed by atoms with Gasteiger partial charge in [0.25, 0.3) is 0 Å². The monoisotopic (exact) mass is 374 g/mol. The van der Waals surface area contributed by atoms with Crippen LogP contribution in [-0.2, 0) is 14.6 Å². The van der Waals surface area contributed by atoms with E-state index in [9.17, 15) is 13.2 Å². The first-order valence-electron chi connectivity index (χ1n) is 6.91. The molecule has 0 bridgehead atoms. The summed E-state index contributed by atoms with van der Waals surface area (Å²) in [6, 6.07) is 4.70. The lowest BCUT2D eigenvalue weighted by Gasteiger charge is -2.18. The van der Waals surface area contributed by atoms with Crippen LogP contribution in [0, 0.1) is 0 Å². The Morgan fingerprint density at radius 2 is 2.00 bits per heavy atom. The number of anilines is 1. The zero-order valence-electron chi connectivity index (χ0n) is 11.8. The summed E-state index contributed by atoms with van der Waals surface area (Å²) < 4.78 is 25.7. The molecule has 1 aromatic carbocycles. The Balaban J connectivity index is 2.21. The fraction of sp³-hybridized carbons (Fsp3) is 0.500. The molecule has 1 fully saturated rings. The number of benzene rings is 1. The first-order valence-corrected chi connectivity index (χ1v) is 9.25. The molecular formula is C14H19BrN2O3S. The lowest BCUT2D eigenvalue weighted by Crippen LogP contribution is -2.42. The average molecular weight is 375 g/mol. The number of sulfone groups is 1. The van der Waals surface area contributed by atoms with Crippen LogP contribution in [0.25, 0.3) is 0 Å². The second kappa shape index (κ2) is 6.36. The van der Waals surface area contributed by atoms with Crippen LogP contribution >= 0.6 is 15.9 Å². The Bertz CT molecular complexity index is 640. The first-order chi connectivity index (χ1) is 9.82. The molecule has 1 aliphatic carbocycles. The summed E-state index contributed by atoms with van der Waals surface area (Å²) in [4.78, 5) is 12.2. The molecule has 1 unspecified atom stereocenters. The number of nitrogens with two attached hydrogens (primary N) is 1. The molecule has 5 nitrogen and oxygen atoms in total. The zero-order valence-corrected chi connectivity index (χ0v) is 14.2. The van der Waals surface area contributed by atoms with Gasteiger partial charge in [-0.05, 0) is 38.0 Å². The Morgan fingerprint density at radius 1 is 1.38 bits per heavy atom. The number of carbonyl (C=O) groups excluding carboxylic acids is 1. The van der Waals surface area contributed by atoms with Gasteiger partial charge >= 0.3 is 0 Å². The van der Waals surface area contributed by atoms with Crippen molar-refractivity contribution in [2.75, 3.05) is 5.73 Å². The van der Waals surface area contributed by atoms with Crippen LogP contribution in [0.2, 0.25) is 0 Å². The van der Waals surface area contributed by atoms with Crippen molar-refractivity contribution in [3.63, 3.8) is 0 Å². The van der Waals surface area contributed by atoms with Crippen molar-refractivity contribution in [3.05, 3.63) is 22.7 Å². The fourth-order valence-electron chi connectivity index (χ4n) is 2.47. The van der Waals surface area contributed by atoms with Gasteiger partial charge in [-0.2, -0.15) is 0 Å². The lowest BCUT2D eigenvalue weighted by atomic mass is 10.2. The summed E-state index contributed by atoms with van der Waals surface area (Å²) in [5.41, 5.74) is 5.90. The Hall–Kier alpha value is -1.08. The van der Waals surface area contributed by atoms with E-state index in [-0.39, 0.29) is 16.6 Å². The standard InChI is InChI=1S/C14H19BrN2O3S/c1-9(14(18)17-11-4-2-3-5-11)21(19,20)13-8-10(15)6-7-12(13)16/h6-9,11H,2-5,16H2,1H3,(H,17,18). The molecule has 0 heterocycles. The van der Waals surface area contributed by atoms with Gasteiger partial charge in [0.2, 0.25) is 5.91 Å². The SMILES string of the molecule is CC(C(=O)NC1CCCC1)S(=O)(=O)c1cc(Br)ccc1N. The predicted octanol–water partition coefficient (Wildman–Crippen LogP) is 2.25. The highest BCUT2D eigenvalue weighted by Gasteiger charge is 2.32. The van der Waals surface area contributed by atoms with Gasteiger partial charge in [0.1, 0.15) is 5.25 Å². The van der Waals surface area contributed by atoms with Crippen LogP contribution in [0.15, 0.2) is 27.6 Å². The summed E-state index contributed by atoms with van der Waals surface area (Å²) in [5.74, 6) is -0.457. The van der Waals surface area contributed by atoms with Gasteiger partial charge in [-0.1, -0.05) is 28.8 Å². The second-order valence-corrected chi connectivity index (χ2v) is 8.51. The zero-order chi connectivity index (χ0) is 15.6. The molecule has 0 radical (unpaired) electrons. The first kappa shape index (κ1) is 16.3. The maximum atomic E-state index is 12.6. The van der Waals surface area contributed by atoms with E-state index in [0.717, 1.165) is 25.7 Å². The quantitative estimate of drug-likeness (QED) is 0.790. The minimum absolute atomic E-state index is 0.00838. The normalized spacial score (nSPS) is 17.6. The summed E-state index contributed by atoms with van der Waals surface area (Å²) in [5, 5.41) is 1.66. The van der Waals surface area contributed by atoms with E-state index in [1.807, 2.05) is 0 Å². The summed E-state index contributed by atoms with van der Waals surface area (Å²) in [6.45, 7) is 1.40. The highest BCUT2D eigenvalue weighted by atomic mass is 79.9. The van der Waals surface area contributed by atoms with Gasteiger partial charge in [0.15, 0.2) is 9.84 Å². The molecule has 0 aliphatic heterocycles. The number of hydrogen-bond donors (Lipinski definition) is 2. The van der Waals surface area contributed by atoms with Crippen LogP contribution in [0.1, 0.15) is 32.6 Å². The van der Waals surface area contributed by atoms with Gasteiger partial charge in [-0.15, -0.1) is 0 Å². The van der Waals surface area contributed by atoms with Gasteiger partial charge in [-0.25, -0.2) is 8.42 Å². The molecule has 0 aromatic heterocycles. The van der Waals surface area contributed by atoms with Crippen molar-refractivity contribution in [3.8, 4) is 0 Å². The van der Waals surface area contributed by atoms with Gasteiger partial charge in [-0.3, -0.25) is 4.79 Å². The molecule has 1 aliphatic rings. The fourth-order valence-corrected chi connectivity index (χ4v) is 4.41. The maximum absolute atomic E-state index is 12.6. The van der Waals surface area contributed by atoms with E-state index in [4.69, 9.17) is 5.73 Å². The van der Waals surface area contributed by atoms with Crippen LogP contribution < -0.4 is 11.1 Å². The number of halogens is 1. The number of amides is 1. The molecule has 1 amide bonds. The molecule has 2 rings (SSSR count). The Labute approximate surface area is 133 Å². The summed E-state index contributed by atoms with van der Waals surface area (Å²) in [6.07, 6.45) is 3.98. The number of rotatable bonds is 4. The van der Waals surface area contributed by atoms with E-state index < -0.39 is 21.0 Å². The lowest BCUT2D eigenvalue weighted by molar-refractivity contribution is -0.121. The van der Waals surface area contributed by atoms with Crippen LogP contribution in [0.4, 0.5) is 5.69 Å². The van der Waals surface area contributed by atoms with Gasteiger partial charge in [0.05, 0.1) is 10.6 Å². The molecule has 0 spiro atoms. The van der Waals surface area contributed by atoms with E-state index in [0.29, 0.717) is 4.47 Å². The van der Waals surface area contributed by atoms with Crippen molar-refractivity contribution in [2.24, 2.45) is 0 Å². The molecule has 116 valence electrons. The van der Waals surface area contributed by atoms with Crippen LogP contribution in [-0.4, -0.2) is 25.6 Å². The minimum atomic E-state index is -3.80. The molecule has 1 atom stereocenters. The summed E-state index contributed by atoms with van der Waals surface area (Å²) >= 11 is 3.23. The van der Waals surface area contributed by atoms with Crippen molar-refractivity contribution in [2.45, 2.75) is 48.8 Å². The third kappa shape index (κ3) is 3.58. The Kier molecular flexibility index (Phi) is 4.93. The highest BCUT2D eigenvalue weighted by Crippen LogP contribution is 2.27. The minimum Gasteiger partial charge on any atom is -0.398 e. The predicted molar refractivity (Wildman–Crippen MR) is 85.6 cm³/mol. The van der Waals surface area contributed by atoms with Crippen molar-refractivity contribution in [1.29, 1.82) is 0 Å².